The fraction of sp³-hybridized carbons (Fsp3) is 0.462. The number of nitrogens with one attached hydrogen (secondary N) is 1. The Bertz CT molecular complexity index is 435. The van der Waals surface area contributed by atoms with E-state index in [0.717, 1.165) is 6.42 Å². The highest BCUT2D eigenvalue weighted by atomic mass is 32.2. The molecule has 1 aromatic rings. The van der Waals surface area contributed by atoms with Gasteiger partial charge in [0.2, 0.25) is 5.91 Å². The molecule has 0 aliphatic rings. The van der Waals surface area contributed by atoms with Crippen molar-refractivity contribution >= 4 is 28.1 Å². The fourth-order valence-electron chi connectivity index (χ4n) is 1.45. The van der Waals surface area contributed by atoms with Gasteiger partial charge in [0, 0.05) is 27.9 Å². The molecule has 0 saturated carbocycles. The molecule has 18 heavy (non-hydrogen) atoms. The first kappa shape index (κ1) is 14.7. The van der Waals surface area contributed by atoms with Crippen LogP contribution >= 0.6 is 0 Å². The van der Waals surface area contributed by atoms with Gasteiger partial charge in [0.1, 0.15) is 5.75 Å². The van der Waals surface area contributed by atoms with Crippen LogP contribution < -0.4 is 11.1 Å². The van der Waals surface area contributed by atoms with Crippen LogP contribution in [0.2, 0.25) is 0 Å². The number of anilines is 2. The number of hydrogen-bond acceptors (Lipinski definition) is 3. The van der Waals surface area contributed by atoms with Crippen molar-refractivity contribution < 1.29 is 9.00 Å². The van der Waals surface area contributed by atoms with E-state index in [9.17, 15) is 9.00 Å². The Hall–Kier alpha value is -1.36. The Kier molecular flexibility index (Phi) is 5.85. The van der Waals surface area contributed by atoms with E-state index >= 15 is 0 Å². The topological polar surface area (TPSA) is 72.2 Å². The lowest BCUT2D eigenvalue weighted by Crippen LogP contribution is -2.22. The second-order valence-electron chi connectivity index (χ2n) is 4.44. The Balaban J connectivity index is 2.44. The zero-order valence-electron chi connectivity index (χ0n) is 10.8. The molecule has 0 radical (unpaired) electrons. The second kappa shape index (κ2) is 7.16. The molecule has 0 heterocycles. The molecule has 0 spiro atoms. The molecule has 3 N–H and O–H groups in total. The van der Waals surface area contributed by atoms with Crippen LogP contribution in [0.3, 0.4) is 0 Å². The lowest BCUT2D eigenvalue weighted by atomic mass is 10.2. The number of benzene rings is 1. The summed E-state index contributed by atoms with van der Waals surface area (Å²) in [6.07, 6.45) is 0.975. The Morgan fingerprint density at radius 1 is 1.50 bits per heavy atom. The van der Waals surface area contributed by atoms with Gasteiger partial charge in [-0.05, 0) is 24.1 Å². The standard InChI is InChI=1S/C13H20N2O2S/c1-3-10(2)8-18(17)9-13(16)15-12-6-4-5-11(14)7-12/h4-7,10H,3,8-9,14H2,1-2H3,(H,15,16). The van der Waals surface area contributed by atoms with Crippen molar-refractivity contribution in [2.75, 3.05) is 22.6 Å². The van der Waals surface area contributed by atoms with E-state index in [0.29, 0.717) is 23.0 Å². The van der Waals surface area contributed by atoms with Crippen LogP contribution in [0.4, 0.5) is 11.4 Å². The number of nitrogen functional groups attached to an aromatic ring is 1. The number of carbonyl (C=O) groups is 1. The van der Waals surface area contributed by atoms with Gasteiger partial charge in [0.15, 0.2) is 0 Å². The maximum atomic E-state index is 11.7. The summed E-state index contributed by atoms with van der Waals surface area (Å²) >= 11 is 0. The molecule has 1 rings (SSSR count). The molecular weight excluding hydrogens is 248 g/mol. The number of hydrogen-bond donors (Lipinski definition) is 2. The van der Waals surface area contributed by atoms with E-state index < -0.39 is 10.8 Å². The average Bonchev–Trinajstić information content (AvgIpc) is 2.28. The van der Waals surface area contributed by atoms with Gasteiger partial charge >= 0.3 is 0 Å². The molecule has 0 aromatic heterocycles. The van der Waals surface area contributed by atoms with Gasteiger partial charge in [-0.25, -0.2) is 0 Å². The lowest BCUT2D eigenvalue weighted by Gasteiger charge is -2.09. The largest absolute Gasteiger partial charge is 0.399 e. The van der Waals surface area contributed by atoms with Crippen molar-refractivity contribution in [2.45, 2.75) is 20.3 Å². The molecule has 1 amide bonds. The normalized spacial score (nSPS) is 13.9. The monoisotopic (exact) mass is 268 g/mol. The quantitative estimate of drug-likeness (QED) is 0.775. The summed E-state index contributed by atoms with van der Waals surface area (Å²) in [6, 6.07) is 6.94. The van der Waals surface area contributed by atoms with E-state index in [-0.39, 0.29) is 11.7 Å². The van der Waals surface area contributed by atoms with E-state index in [1.807, 2.05) is 6.92 Å². The molecule has 100 valence electrons. The molecular formula is C13H20N2O2S. The van der Waals surface area contributed by atoms with Gasteiger partial charge in [0.05, 0.1) is 0 Å². The zero-order chi connectivity index (χ0) is 13.5. The maximum Gasteiger partial charge on any atom is 0.236 e. The van der Waals surface area contributed by atoms with Crippen molar-refractivity contribution in [1.29, 1.82) is 0 Å². The third-order valence-corrected chi connectivity index (χ3v) is 4.15. The van der Waals surface area contributed by atoms with E-state index in [4.69, 9.17) is 5.73 Å². The van der Waals surface area contributed by atoms with Gasteiger partial charge in [-0.3, -0.25) is 9.00 Å². The third kappa shape index (κ3) is 5.31. The summed E-state index contributed by atoms with van der Waals surface area (Å²) in [5, 5.41) is 2.69. The minimum absolute atomic E-state index is 0.0408. The molecule has 0 aliphatic heterocycles. The predicted molar refractivity (Wildman–Crippen MR) is 76.8 cm³/mol. The van der Waals surface area contributed by atoms with E-state index in [1.165, 1.54) is 0 Å². The Morgan fingerprint density at radius 3 is 2.83 bits per heavy atom. The van der Waals surface area contributed by atoms with Gasteiger partial charge < -0.3 is 11.1 Å². The van der Waals surface area contributed by atoms with Crippen LogP contribution in [0.25, 0.3) is 0 Å². The Morgan fingerprint density at radius 2 is 2.22 bits per heavy atom. The molecule has 2 unspecified atom stereocenters. The third-order valence-electron chi connectivity index (χ3n) is 2.63. The fourth-order valence-corrected chi connectivity index (χ4v) is 2.81. The summed E-state index contributed by atoms with van der Waals surface area (Å²) < 4.78 is 11.7. The van der Waals surface area contributed by atoms with E-state index in [1.54, 1.807) is 24.3 Å². The highest BCUT2D eigenvalue weighted by Crippen LogP contribution is 2.11. The molecule has 0 saturated heterocycles. The Labute approximate surface area is 110 Å². The number of rotatable bonds is 6. The van der Waals surface area contributed by atoms with Gasteiger partial charge in [-0.1, -0.05) is 26.3 Å². The van der Waals surface area contributed by atoms with Crippen LogP contribution in [0, 0.1) is 5.92 Å². The summed E-state index contributed by atoms with van der Waals surface area (Å²) in [4.78, 5) is 11.7. The summed E-state index contributed by atoms with van der Waals surface area (Å²) in [6.45, 7) is 4.09. The smallest absolute Gasteiger partial charge is 0.236 e. The van der Waals surface area contributed by atoms with Gasteiger partial charge in [-0.2, -0.15) is 0 Å². The van der Waals surface area contributed by atoms with Gasteiger partial charge in [-0.15, -0.1) is 0 Å². The molecule has 2 atom stereocenters. The highest BCUT2D eigenvalue weighted by Gasteiger charge is 2.11. The first-order valence-electron chi connectivity index (χ1n) is 6.01. The highest BCUT2D eigenvalue weighted by molar-refractivity contribution is 7.85. The lowest BCUT2D eigenvalue weighted by molar-refractivity contribution is -0.113. The molecule has 1 aromatic carbocycles. The zero-order valence-corrected chi connectivity index (χ0v) is 11.6. The first-order chi connectivity index (χ1) is 8.51. The second-order valence-corrected chi connectivity index (χ2v) is 5.94. The maximum absolute atomic E-state index is 11.7. The SMILES string of the molecule is CCC(C)CS(=O)CC(=O)Nc1cccc(N)c1. The first-order valence-corrected chi connectivity index (χ1v) is 7.50. The van der Waals surface area contributed by atoms with E-state index in [2.05, 4.69) is 12.2 Å². The van der Waals surface area contributed by atoms with Crippen LogP contribution in [-0.2, 0) is 15.6 Å². The molecule has 0 aliphatic carbocycles. The van der Waals surface area contributed by atoms with Crippen molar-refractivity contribution in [3.8, 4) is 0 Å². The van der Waals surface area contributed by atoms with Crippen molar-refractivity contribution in [1.82, 2.24) is 0 Å². The summed E-state index contributed by atoms with van der Waals surface area (Å²) in [5.74, 6) is 0.758. The number of carbonyl (C=O) groups excluding carboxylic acids is 1. The molecule has 5 heteroatoms. The summed E-state index contributed by atoms with van der Waals surface area (Å²) in [5.41, 5.74) is 6.84. The predicted octanol–water partition coefficient (Wildman–Crippen LogP) is 2.00. The van der Waals surface area contributed by atoms with Crippen LogP contribution in [0.5, 0.6) is 0 Å². The van der Waals surface area contributed by atoms with Crippen molar-refractivity contribution in [3.05, 3.63) is 24.3 Å². The minimum Gasteiger partial charge on any atom is -0.399 e. The summed E-state index contributed by atoms with van der Waals surface area (Å²) in [7, 11) is -1.10. The van der Waals surface area contributed by atoms with Crippen LogP contribution in [0.1, 0.15) is 20.3 Å². The molecule has 0 fully saturated rings. The van der Waals surface area contributed by atoms with Gasteiger partial charge in [0.25, 0.3) is 0 Å². The number of amides is 1. The van der Waals surface area contributed by atoms with Crippen LogP contribution in [-0.4, -0.2) is 21.6 Å². The average molecular weight is 268 g/mol. The van der Waals surface area contributed by atoms with Crippen molar-refractivity contribution in [3.63, 3.8) is 0 Å². The van der Waals surface area contributed by atoms with Crippen molar-refractivity contribution in [2.24, 2.45) is 5.92 Å². The van der Waals surface area contributed by atoms with Crippen LogP contribution in [0.15, 0.2) is 24.3 Å². The molecule has 0 bridgehead atoms. The molecule has 4 nitrogen and oxygen atoms in total. The minimum atomic E-state index is -1.10. The number of nitrogens with two attached hydrogens (primary N) is 1.